The molecule has 0 spiro atoms. The molecule has 0 aliphatic carbocycles. The molecule has 19 heavy (non-hydrogen) atoms. The average molecular weight is 330 g/mol. The third kappa shape index (κ3) is 5.23. The van der Waals surface area contributed by atoms with Gasteiger partial charge in [0.2, 0.25) is 0 Å². The number of ether oxygens (including phenoxy) is 1. The van der Waals surface area contributed by atoms with E-state index in [0.29, 0.717) is 6.54 Å². The lowest BCUT2D eigenvalue weighted by molar-refractivity contribution is 0.139. The molecule has 0 bridgehead atoms. The van der Waals surface area contributed by atoms with E-state index in [2.05, 4.69) is 15.9 Å². The van der Waals surface area contributed by atoms with Crippen molar-refractivity contribution in [3.8, 4) is 0 Å². The summed E-state index contributed by atoms with van der Waals surface area (Å²) in [4.78, 5) is 13.2. The minimum absolute atomic E-state index is 0.0288. The summed E-state index contributed by atoms with van der Waals surface area (Å²) < 4.78 is 6.19. The van der Waals surface area contributed by atoms with E-state index >= 15 is 0 Å². The Hall–Kier alpha value is -1.03. The van der Waals surface area contributed by atoms with Crippen molar-refractivity contribution < 1.29 is 9.53 Å². The van der Waals surface area contributed by atoms with Crippen molar-refractivity contribution in [1.82, 2.24) is 0 Å². The van der Waals surface area contributed by atoms with Crippen LogP contribution in [0.5, 0.6) is 0 Å². The van der Waals surface area contributed by atoms with Gasteiger partial charge in [-0.15, -0.1) is 0 Å². The van der Waals surface area contributed by atoms with Crippen LogP contribution in [0.3, 0.4) is 0 Å². The number of carbonyl (C=O) groups is 1. The molecule has 1 heterocycles. The fraction of sp³-hybridized carbons (Fsp3) is 0.533. The summed E-state index contributed by atoms with van der Waals surface area (Å²) in [5, 5.41) is 0. The Morgan fingerprint density at radius 3 is 2.16 bits per heavy atom. The minimum atomic E-state index is -0.246. The number of nitrogens with zero attached hydrogens (tertiary/aromatic N) is 1. The molecule has 1 aromatic carbocycles. The Balaban J connectivity index is 0.000000741. The third-order valence-corrected chi connectivity index (χ3v) is 3.00. The molecule has 0 N–H and O–H groups in total. The standard InChI is InChI=1S/C11H12BrNO2.2C2H6/c1-2-10-7-13(11(14)15-10)9-5-3-8(12)4-6-9;2*1-2/h3-6,10H,2,7H2,1H3;2*1-2H3. The SMILES string of the molecule is CC.CC.CCC1CN(c2ccc(Br)cc2)C(=O)O1. The summed E-state index contributed by atoms with van der Waals surface area (Å²) in [6, 6.07) is 7.65. The molecular weight excluding hydrogens is 306 g/mol. The molecule has 1 unspecified atom stereocenters. The maximum atomic E-state index is 11.5. The quantitative estimate of drug-likeness (QED) is 0.742. The molecule has 1 atom stereocenters. The van der Waals surface area contributed by atoms with Gasteiger partial charge in [0.1, 0.15) is 6.10 Å². The maximum Gasteiger partial charge on any atom is 0.414 e. The van der Waals surface area contributed by atoms with Gasteiger partial charge in [-0.3, -0.25) is 4.90 Å². The molecule has 3 nitrogen and oxygen atoms in total. The first-order valence-electron chi connectivity index (χ1n) is 6.94. The van der Waals surface area contributed by atoms with E-state index in [1.165, 1.54) is 0 Å². The van der Waals surface area contributed by atoms with Gasteiger partial charge < -0.3 is 4.74 Å². The predicted octanol–water partition coefficient (Wildman–Crippen LogP) is 5.24. The summed E-state index contributed by atoms with van der Waals surface area (Å²) in [7, 11) is 0. The lowest BCUT2D eigenvalue weighted by atomic mass is 10.2. The third-order valence-electron chi connectivity index (χ3n) is 2.47. The zero-order valence-corrected chi connectivity index (χ0v) is 14.0. The van der Waals surface area contributed by atoms with Crippen molar-refractivity contribution in [2.75, 3.05) is 11.4 Å². The van der Waals surface area contributed by atoms with E-state index < -0.39 is 0 Å². The number of rotatable bonds is 2. The number of hydrogen-bond acceptors (Lipinski definition) is 2. The molecule has 108 valence electrons. The van der Waals surface area contributed by atoms with Crippen molar-refractivity contribution in [3.63, 3.8) is 0 Å². The van der Waals surface area contributed by atoms with E-state index in [1.54, 1.807) is 4.90 Å². The molecule has 4 heteroatoms. The van der Waals surface area contributed by atoms with Crippen LogP contribution >= 0.6 is 15.9 Å². The van der Waals surface area contributed by atoms with Gasteiger partial charge in [-0.1, -0.05) is 50.5 Å². The van der Waals surface area contributed by atoms with Crippen LogP contribution in [0.4, 0.5) is 10.5 Å². The lowest BCUT2D eigenvalue weighted by Gasteiger charge is -2.12. The Kier molecular flexibility index (Phi) is 9.31. The van der Waals surface area contributed by atoms with Crippen LogP contribution in [-0.4, -0.2) is 18.7 Å². The second kappa shape index (κ2) is 9.84. The fourth-order valence-electron chi connectivity index (χ4n) is 1.57. The monoisotopic (exact) mass is 329 g/mol. The van der Waals surface area contributed by atoms with E-state index in [9.17, 15) is 4.79 Å². The largest absolute Gasteiger partial charge is 0.444 e. The van der Waals surface area contributed by atoms with Gasteiger partial charge in [0, 0.05) is 10.2 Å². The Bertz CT molecular complexity index is 365. The topological polar surface area (TPSA) is 29.5 Å². The van der Waals surface area contributed by atoms with Gasteiger partial charge in [0.15, 0.2) is 0 Å². The maximum absolute atomic E-state index is 11.5. The van der Waals surface area contributed by atoms with Gasteiger partial charge in [-0.25, -0.2) is 4.79 Å². The lowest BCUT2D eigenvalue weighted by Crippen LogP contribution is -2.24. The summed E-state index contributed by atoms with van der Waals surface area (Å²) >= 11 is 3.36. The molecule has 0 aromatic heterocycles. The average Bonchev–Trinajstić information content (AvgIpc) is 2.85. The van der Waals surface area contributed by atoms with Crippen molar-refractivity contribution in [1.29, 1.82) is 0 Å². The van der Waals surface area contributed by atoms with Crippen LogP contribution in [0.15, 0.2) is 28.7 Å². The van der Waals surface area contributed by atoms with Crippen molar-refractivity contribution in [3.05, 3.63) is 28.7 Å². The summed E-state index contributed by atoms with van der Waals surface area (Å²) in [6.45, 7) is 10.7. The number of anilines is 1. The zero-order valence-electron chi connectivity index (χ0n) is 12.4. The van der Waals surface area contributed by atoms with Crippen LogP contribution < -0.4 is 4.90 Å². The second-order valence-corrected chi connectivity index (χ2v) is 4.42. The number of carbonyl (C=O) groups excluding carboxylic acids is 1. The first-order chi connectivity index (χ1) is 9.20. The normalized spacial score (nSPS) is 16.8. The molecule has 1 aliphatic heterocycles. The number of halogens is 1. The van der Waals surface area contributed by atoms with E-state index in [1.807, 2.05) is 58.9 Å². The summed E-state index contributed by atoms with van der Waals surface area (Å²) in [5.41, 5.74) is 0.888. The number of hydrogen-bond donors (Lipinski definition) is 0. The summed E-state index contributed by atoms with van der Waals surface area (Å²) in [5.74, 6) is 0. The van der Waals surface area contributed by atoms with Crippen molar-refractivity contribution in [2.24, 2.45) is 0 Å². The molecule has 1 amide bonds. The highest BCUT2D eigenvalue weighted by molar-refractivity contribution is 9.10. The van der Waals surface area contributed by atoms with Gasteiger partial charge in [0.05, 0.1) is 6.54 Å². The Morgan fingerprint density at radius 1 is 1.21 bits per heavy atom. The highest BCUT2D eigenvalue weighted by Gasteiger charge is 2.30. The first kappa shape index (κ1) is 18.0. The fourth-order valence-corrected chi connectivity index (χ4v) is 1.83. The molecule has 2 rings (SSSR count). The molecule has 1 aliphatic rings. The number of amides is 1. The highest BCUT2D eigenvalue weighted by Crippen LogP contribution is 2.24. The second-order valence-electron chi connectivity index (χ2n) is 3.50. The first-order valence-corrected chi connectivity index (χ1v) is 7.73. The smallest absolute Gasteiger partial charge is 0.414 e. The van der Waals surface area contributed by atoms with Crippen molar-refractivity contribution >= 4 is 27.7 Å². The van der Waals surface area contributed by atoms with Gasteiger partial charge in [-0.05, 0) is 30.7 Å². The van der Waals surface area contributed by atoms with Crippen LogP contribution in [-0.2, 0) is 4.74 Å². The van der Waals surface area contributed by atoms with E-state index in [4.69, 9.17) is 4.74 Å². The van der Waals surface area contributed by atoms with Crippen LogP contribution in [0, 0.1) is 0 Å². The summed E-state index contributed by atoms with van der Waals surface area (Å²) in [6.07, 6.45) is 0.643. The zero-order chi connectivity index (χ0) is 14.8. The molecule has 0 radical (unpaired) electrons. The van der Waals surface area contributed by atoms with Crippen molar-refractivity contribution in [2.45, 2.75) is 47.1 Å². The molecule has 1 fully saturated rings. The van der Waals surface area contributed by atoms with Gasteiger partial charge in [-0.2, -0.15) is 0 Å². The van der Waals surface area contributed by atoms with Crippen LogP contribution in [0.25, 0.3) is 0 Å². The highest BCUT2D eigenvalue weighted by atomic mass is 79.9. The molecule has 1 saturated heterocycles. The molecule has 1 aromatic rings. The number of cyclic esters (lactones) is 1. The van der Waals surface area contributed by atoms with E-state index in [0.717, 1.165) is 16.6 Å². The Morgan fingerprint density at radius 2 is 1.74 bits per heavy atom. The van der Waals surface area contributed by atoms with Gasteiger partial charge >= 0.3 is 6.09 Å². The van der Waals surface area contributed by atoms with Gasteiger partial charge in [0.25, 0.3) is 0 Å². The molecular formula is C15H24BrNO2. The predicted molar refractivity (Wildman–Crippen MR) is 84.7 cm³/mol. The van der Waals surface area contributed by atoms with Crippen LogP contribution in [0.1, 0.15) is 41.0 Å². The minimum Gasteiger partial charge on any atom is -0.444 e. The van der Waals surface area contributed by atoms with Crippen LogP contribution in [0.2, 0.25) is 0 Å². The Labute approximate surface area is 125 Å². The van der Waals surface area contributed by atoms with E-state index in [-0.39, 0.29) is 12.2 Å². The molecule has 0 saturated carbocycles. The number of benzene rings is 1.